The number of hydrogen-bond donors (Lipinski definition) is 2. The number of aryl methyl sites for hydroxylation is 1. The van der Waals surface area contributed by atoms with Crippen LogP contribution in [-0.4, -0.2) is 66.6 Å². The van der Waals surface area contributed by atoms with Crippen molar-refractivity contribution in [3.05, 3.63) is 18.0 Å². The van der Waals surface area contributed by atoms with Crippen LogP contribution in [0.3, 0.4) is 0 Å². The predicted octanol–water partition coefficient (Wildman–Crippen LogP) is -0.182. The van der Waals surface area contributed by atoms with E-state index in [0.29, 0.717) is 5.96 Å². The molecule has 0 amide bonds. The van der Waals surface area contributed by atoms with Crippen molar-refractivity contribution in [3.63, 3.8) is 0 Å². The molecule has 1 aliphatic rings. The van der Waals surface area contributed by atoms with Gasteiger partial charge in [-0.1, -0.05) is 0 Å². The monoisotopic (exact) mass is 294 g/mol. The van der Waals surface area contributed by atoms with Gasteiger partial charge >= 0.3 is 0 Å². The molecule has 1 aliphatic heterocycles. The molecule has 0 aliphatic carbocycles. The molecule has 7 heteroatoms. The second-order valence-corrected chi connectivity index (χ2v) is 5.28. The minimum Gasteiger partial charge on any atom is -0.379 e. The first-order valence-corrected chi connectivity index (χ1v) is 7.57. The maximum absolute atomic E-state index is 5.84. The number of rotatable bonds is 7. The molecule has 1 aromatic rings. The van der Waals surface area contributed by atoms with Crippen LogP contribution in [0.25, 0.3) is 0 Å². The van der Waals surface area contributed by atoms with Gasteiger partial charge in [0, 0.05) is 38.9 Å². The van der Waals surface area contributed by atoms with Crippen LogP contribution in [0, 0.1) is 6.92 Å². The van der Waals surface area contributed by atoms with E-state index in [0.717, 1.165) is 58.9 Å². The van der Waals surface area contributed by atoms with Crippen molar-refractivity contribution in [2.24, 2.45) is 10.7 Å². The highest BCUT2D eigenvalue weighted by atomic mass is 16.5. The Labute approximate surface area is 126 Å². The predicted molar refractivity (Wildman–Crippen MR) is 83.3 cm³/mol. The van der Waals surface area contributed by atoms with E-state index in [9.17, 15) is 0 Å². The molecule has 21 heavy (non-hydrogen) atoms. The molecule has 2 heterocycles. The van der Waals surface area contributed by atoms with Crippen molar-refractivity contribution in [2.45, 2.75) is 19.9 Å². The first kappa shape index (κ1) is 15.8. The molecule has 0 aromatic carbocycles. The summed E-state index contributed by atoms with van der Waals surface area (Å²) in [6.07, 6.45) is 4.89. The minimum absolute atomic E-state index is 0.515. The fourth-order valence-electron chi connectivity index (χ4n) is 2.26. The van der Waals surface area contributed by atoms with E-state index in [1.54, 1.807) is 0 Å². The van der Waals surface area contributed by atoms with Crippen molar-refractivity contribution in [3.8, 4) is 0 Å². The van der Waals surface area contributed by atoms with Crippen LogP contribution in [0.15, 0.2) is 17.4 Å². The lowest BCUT2D eigenvalue weighted by atomic mass is 10.3. The van der Waals surface area contributed by atoms with Gasteiger partial charge in [-0.05, 0) is 18.9 Å². The Morgan fingerprint density at radius 3 is 2.95 bits per heavy atom. The Hall–Kier alpha value is -1.60. The van der Waals surface area contributed by atoms with E-state index in [1.807, 2.05) is 24.0 Å². The minimum atomic E-state index is 0.515. The third-order valence-electron chi connectivity index (χ3n) is 3.43. The Morgan fingerprint density at radius 1 is 1.43 bits per heavy atom. The van der Waals surface area contributed by atoms with Crippen molar-refractivity contribution in [1.82, 2.24) is 20.0 Å². The van der Waals surface area contributed by atoms with Crippen molar-refractivity contribution < 1.29 is 4.74 Å². The standard InChI is InChI=1S/C14H26N6O/c1-13-11-18-20(12-13)6-4-17-14(15)16-3-2-5-19-7-9-21-10-8-19/h11-12H,2-10H2,1H3,(H3,15,16,17). The average Bonchev–Trinajstić information content (AvgIpc) is 2.90. The SMILES string of the molecule is Cc1cnn(CCNC(N)=NCCCN2CCOCC2)c1. The van der Waals surface area contributed by atoms with Gasteiger partial charge in [0.1, 0.15) is 0 Å². The zero-order valence-corrected chi connectivity index (χ0v) is 12.8. The lowest BCUT2D eigenvalue weighted by molar-refractivity contribution is 0.0377. The molecule has 0 radical (unpaired) electrons. The van der Waals surface area contributed by atoms with Crippen LogP contribution >= 0.6 is 0 Å². The Balaban J connectivity index is 1.54. The second-order valence-electron chi connectivity index (χ2n) is 5.28. The largest absolute Gasteiger partial charge is 0.379 e. The normalized spacial score (nSPS) is 17.1. The number of morpholine rings is 1. The molecule has 0 bridgehead atoms. The number of nitrogens with zero attached hydrogens (tertiary/aromatic N) is 4. The topological polar surface area (TPSA) is 80.7 Å². The first-order chi connectivity index (χ1) is 10.2. The number of aromatic nitrogens is 2. The van der Waals surface area contributed by atoms with Crippen LogP contribution in [0.2, 0.25) is 0 Å². The van der Waals surface area contributed by atoms with E-state index >= 15 is 0 Å². The van der Waals surface area contributed by atoms with Gasteiger partial charge in [-0.2, -0.15) is 5.10 Å². The van der Waals surface area contributed by atoms with Crippen LogP contribution in [0.4, 0.5) is 0 Å². The molecule has 1 saturated heterocycles. The van der Waals surface area contributed by atoms with Gasteiger partial charge < -0.3 is 15.8 Å². The molecule has 118 valence electrons. The van der Waals surface area contributed by atoms with Crippen molar-refractivity contribution >= 4 is 5.96 Å². The van der Waals surface area contributed by atoms with Gasteiger partial charge in [-0.25, -0.2) is 0 Å². The highest BCUT2D eigenvalue weighted by Gasteiger charge is 2.08. The maximum Gasteiger partial charge on any atom is 0.188 e. The van der Waals surface area contributed by atoms with Crippen LogP contribution in [-0.2, 0) is 11.3 Å². The molecule has 0 unspecified atom stereocenters. The Morgan fingerprint density at radius 2 is 2.24 bits per heavy atom. The number of aliphatic imine (C=N–C) groups is 1. The lowest BCUT2D eigenvalue weighted by Crippen LogP contribution is -2.37. The fraction of sp³-hybridized carbons (Fsp3) is 0.714. The van der Waals surface area contributed by atoms with E-state index < -0.39 is 0 Å². The summed E-state index contributed by atoms with van der Waals surface area (Å²) in [6.45, 7) is 9.13. The molecule has 0 spiro atoms. The van der Waals surface area contributed by atoms with E-state index in [1.165, 1.54) is 5.56 Å². The number of hydrogen-bond acceptors (Lipinski definition) is 4. The number of nitrogens with one attached hydrogen (secondary N) is 1. The van der Waals surface area contributed by atoms with Crippen LogP contribution < -0.4 is 11.1 Å². The highest BCUT2D eigenvalue weighted by Crippen LogP contribution is 1.98. The summed E-state index contributed by atoms with van der Waals surface area (Å²) in [5, 5.41) is 7.33. The van der Waals surface area contributed by atoms with E-state index in [2.05, 4.69) is 20.3 Å². The summed E-state index contributed by atoms with van der Waals surface area (Å²) in [5.41, 5.74) is 7.00. The molecule has 0 atom stereocenters. The Bertz CT molecular complexity index is 438. The third-order valence-corrected chi connectivity index (χ3v) is 3.43. The number of ether oxygens (including phenoxy) is 1. The molecule has 3 N–H and O–H groups in total. The maximum atomic E-state index is 5.84. The van der Waals surface area contributed by atoms with Crippen molar-refractivity contribution in [1.29, 1.82) is 0 Å². The van der Waals surface area contributed by atoms with E-state index in [4.69, 9.17) is 10.5 Å². The van der Waals surface area contributed by atoms with Gasteiger partial charge in [0.25, 0.3) is 0 Å². The molecule has 1 aromatic heterocycles. The van der Waals surface area contributed by atoms with Crippen molar-refractivity contribution in [2.75, 3.05) is 45.9 Å². The van der Waals surface area contributed by atoms with Gasteiger partial charge in [0.2, 0.25) is 0 Å². The summed E-state index contributed by atoms with van der Waals surface area (Å²) in [6, 6.07) is 0. The molecule has 7 nitrogen and oxygen atoms in total. The summed E-state index contributed by atoms with van der Waals surface area (Å²) < 4.78 is 7.22. The van der Waals surface area contributed by atoms with Gasteiger partial charge in [-0.15, -0.1) is 0 Å². The van der Waals surface area contributed by atoms with Gasteiger partial charge in [0.15, 0.2) is 5.96 Å². The van der Waals surface area contributed by atoms with Crippen LogP contribution in [0.1, 0.15) is 12.0 Å². The molecule has 2 rings (SSSR count). The summed E-state index contributed by atoms with van der Waals surface area (Å²) >= 11 is 0. The zero-order valence-electron chi connectivity index (χ0n) is 12.8. The fourth-order valence-corrected chi connectivity index (χ4v) is 2.26. The van der Waals surface area contributed by atoms with Crippen LogP contribution in [0.5, 0.6) is 0 Å². The van der Waals surface area contributed by atoms with Gasteiger partial charge in [0.05, 0.1) is 26.0 Å². The number of guanidine groups is 1. The van der Waals surface area contributed by atoms with E-state index in [-0.39, 0.29) is 0 Å². The quantitative estimate of drug-likeness (QED) is 0.414. The summed E-state index contributed by atoms with van der Waals surface area (Å²) in [5.74, 6) is 0.515. The zero-order chi connectivity index (χ0) is 14.9. The average molecular weight is 294 g/mol. The number of nitrogens with two attached hydrogens (primary N) is 1. The summed E-state index contributed by atoms with van der Waals surface area (Å²) in [4.78, 5) is 6.75. The first-order valence-electron chi connectivity index (χ1n) is 7.57. The second kappa shape index (κ2) is 8.63. The third kappa shape index (κ3) is 6.14. The highest BCUT2D eigenvalue weighted by molar-refractivity contribution is 5.77. The molecular weight excluding hydrogens is 268 g/mol. The summed E-state index contributed by atoms with van der Waals surface area (Å²) in [7, 11) is 0. The smallest absolute Gasteiger partial charge is 0.188 e. The molecule has 1 fully saturated rings. The lowest BCUT2D eigenvalue weighted by Gasteiger charge is -2.26. The van der Waals surface area contributed by atoms with Gasteiger partial charge in [-0.3, -0.25) is 14.6 Å². The Kier molecular flexibility index (Phi) is 6.49. The molecular formula is C14H26N6O. The molecule has 0 saturated carbocycles.